The monoisotopic (exact) mass is 461 g/mol. The van der Waals surface area contributed by atoms with Gasteiger partial charge < -0.3 is 19.3 Å². The minimum absolute atomic E-state index is 0.266. The number of hydrogen-bond donors (Lipinski definition) is 1. The van der Waals surface area contributed by atoms with Crippen molar-refractivity contribution in [3.8, 4) is 0 Å². The molecule has 1 amide bonds. The number of aromatic nitrogens is 2. The van der Waals surface area contributed by atoms with Gasteiger partial charge in [0, 0.05) is 18.8 Å². The highest BCUT2D eigenvalue weighted by atomic mass is 32.2. The number of benzene rings is 1. The van der Waals surface area contributed by atoms with E-state index in [0.29, 0.717) is 24.2 Å². The van der Waals surface area contributed by atoms with Gasteiger partial charge in [-0.05, 0) is 57.1 Å². The largest absolute Gasteiger partial charge is 0.480 e. The fourth-order valence-electron chi connectivity index (χ4n) is 4.13. The van der Waals surface area contributed by atoms with Gasteiger partial charge in [-0.15, -0.1) is 0 Å². The average molecular weight is 462 g/mol. The van der Waals surface area contributed by atoms with Crippen molar-refractivity contribution >= 4 is 34.9 Å². The quantitative estimate of drug-likeness (QED) is 0.596. The Morgan fingerprint density at radius 3 is 2.53 bits per heavy atom. The van der Waals surface area contributed by atoms with Crippen LogP contribution >= 0.6 is 11.8 Å². The van der Waals surface area contributed by atoms with E-state index in [1.807, 2.05) is 70.4 Å². The van der Waals surface area contributed by atoms with Gasteiger partial charge in [0.2, 0.25) is 0 Å². The van der Waals surface area contributed by atoms with Crippen LogP contribution in [-0.2, 0) is 9.53 Å². The van der Waals surface area contributed by atoms with Gasteiger partial charge in [0.05, 0.1) is 11.0 Å². The zero-order valence-electron chi connectivity index (χ0n) is 19.9. The molecule has 1 aromatic heterocycles. The fraction of sp³-hybridized carbons (Fsp3) is 0.625. The molecular formula is C24H35N3O4S. The van der Waals surface area contributed by atoms with Crippen LogP contribution in [0.2, 0.25) is 0 Å². The predicted octanol–water partition coefficient (Wildman–Crippen LogP) is 5.45. The van der Waals surface area contributed by atoms with E-state index in [1.54, 1.807) is 16.7 Å². The third kappa shape index (κ3) is 5.77. The van der Waals surface area contributed by atoms with Crippen molar-refractivity contribution in [1.29, 1.82) is 0 Å². The molecule has 2 heterocycles. The average Bonchev–Trinajstić information content (AvgIpc) is 3.02. The van der Waals surface area contributed by atoms with Crippen molar-refractivity contribution in [3.63, 3.8) is 0 Å². The number of likely N-dealkylation sites (tertiary alicyclic amines) is 1. The molecule has 3 rings (SSSR count). The van der Waals surface area contributed by atoms with Crippen LogP contribution in [0.1, 0.15) is 60.4 Å². The summed E-state index contributed by atoms with van der Waals surface area (Å²) >= 11 is 1.58. The molecule has 2 atom stereocenters. The lowest BCUT2D eigenvalue weighted by atomic mass is 9.86. The number of thioether (sulfide) groups is 1. The lowest BCUT2D eigenvalue weighted by molar-refractivity contribution is -0.144. The standard InChI is InChI=1S/C24H35N3O4S/c1-23(2,3)19(20(28)29)27-18-12-8-7-11-17(18)25-21(27)32-15-16-10-9-13-26(14-16)22(30)31-24(4,5)6/h7-8,11-12,16,19H,9-10,13-15H2,1-6H3,(H,28,29). The number of carboxylic acids is 1. The topological polar surface area (TPSA) is 84.7 Å². The van der Waals surface area contributed by atoms with E-state index in [2.05, 4.69) is 0 Å². The molecule has 2 unspecified atom stereocenters. The zero-order valence-corrected chi connectivity index (χ0v) is 20.7. The second-order valence-electron chi connectivity index (χ2n) is 10.6. The number of fused-ring (bicyclic) bond motifs is 1. The molecule has 32 heavy (non-hydrogen) atoms. The number of rotatable bonds is 5. The van der Waals surface area contributed by atoms with E-state index in [9.17, 15) is 14.7 Å². The normalized spacial score (nSPS) is 18.6. The molecule has 1 saturated heterocycles. The second-order valence-corrected chi connectivity index (χ2v) is 11.6. The third-order valence-corrected chi connectivity index (χ3v) is 6.68. The van der Waals surface area contributed by atoms with Crippen molar-refractivity contribution in [1.82, 2.24) is 14.5 Å². The maximum absolute atomic E-state index is 12.5. The summed E-state index contributed by atoms with van der Waals surface area (Å²) in [7, 11) is 0. The number of amides is 1. The van der Waals surface area contributed by atoms with Crippen LogP contribution < -0.4 is 0 Å². The van der Waals surface area contributed by atoms with Gasteiger partial charge in [-0.3, -0.25) is 0 Å². The van der Waals surface area contributed by atoms with Crippen LogP contribution in [0.3, 0.4) is 0 Å². The van der Waals surface area contributed by atoms with Crippen molar-refractivity contribution in [2.75, 3.05) is 18.8 Å². The van der Waals surface area contributed by atoms with Crippen LogP contribution in [0.15, 0.2) is 29.4 Å². The molecule has 176 valence electrons. The molecule has 0 aliphatic carbocycles. The highest BCUT2D eigenvalue weighted by molar-refractivity contribution is 7.99. The zero-order chi connectivity index (χ0) is 23.7. The molecule has 1 fully saturated rings. The van der Waals surface area contributed by atoms with Crippen LogP contribution in [0.4, 0.5) is 4.79 Å². The Bertz CT molecular complexity index is 974. The second kappa shape index (κ2) is 9.33. The first-order chi connectivity index (χ1) is 14.9. The molecule has 7 nitrogen and oxygen atoms in total. The molecule has 0 spiro atoms. The van der Waals surface area contributed by atoms with Crippen molar-refractivity contribution in [2.45, 2.75) is 71.2 Å². The number of para-hydroxylation sites is 2. The van der Waals surface area contributed by atoms with Gasteiger partial charge >= 0.3 is 12.1 Å². The summed E-state index contributed by atoms with van der Waals surface area (Å²) in [6, 6.07) is 6.94. The Balaban J connectivity index is 1.81. The smallest absolute Gasteiger partial charge is 0.410 e. The van der Waals surface area contributed by atoms with E-state index in [1.165, 1.54) is 0 Å². The minimum atomic E-state index is -0.865. The van der Waals surface area contributed by atoms with E-state index in [4.69, 9.17) is 9.72 Å². The van der Waals surface area contributed by atoms with Crippen LogP contribution in [-0.4, -0.2) is 56.1 Å². The van der Waals surface area contributed by atoms with E-state index in [-0.39, 0.29) is 6.09 Å². The van der Waals surface area contributed by atoms with Crippen LogP contribution in [0.5, 0.6) is 0 Å². The molecule has 0 bridgehead atoms. The molecule has 1 aliphatic heterocycles. The molecule has 1 aromatic carbocycles. The summed E-state index contributed by atoms with van der Waals surface area (Å²) in [4.78, 5) is 31.3. The van der Waals surface area contributed by atoms with Crippen molar-refractivity contribution in [3.05, 3.63) is 24.3 Å². The van der Waals surface area contributed by atoms with Crippen molar-refractivity contribution < 1.29 is 19.4 Å². The lowest BCUT2D eigenvalue weighted by Gasteiger charge is -2.34. The predicted molar refractivity (Wildman–Crippen MR) is 127 cm³/mol. The molecule has 1 N–H and O–H groups in total. The van der Waals surface area contributed by atoms with Gasteiger partial charge in [0.15, 0.2) is 5.16 Å². The SMILES string of the molecule is CC(C)(C)OC(=O)N1CCCC(CSc2nc3ccccc3n2C(C(=O)O)C(C)(C)C)C1. The third-order valence-electron chi connectivity index (χ3n) is 5.49. The molecule has 1 aliphatic rings. The Labute approximate surface area is 194 Å². The minimum Gasteiger partial charge on any atom is -0.480 e. The maximum atomic E-state index is 12.5. The van der Waals surface area contributed by atoms with E-state index < -0.39 is 23.0 Å². The Morgan fingerprint density at radius 1 is 1.22 bits per heavy atom. The number of hydrogen-bond acceptors (Lipinski definition) is 5. The van der Waals surface area contributed by atoms with E-state index >= 15 is 0 Å². The number of aliphatic carboxylic acids is 1. The molecule has 2 aromatic rings. The summed E-state index contributed by atoms with van der Waals surface area (Å²) in [6.45, 7) is 12.8. The summed E-state index contributed by atoms with van der Waals surface area (Å²) in [5, 5.41) is 10.8. The number of piperidine rings is 1. The van der Waals surface area contributed by atoms with Gasteiger partial charge in [-0.2, -0.15) is 0 Å². The van der Waals surface area contributed by atoms with Gasteiger partial charge in [0.25, 0.3) is 0 Å². The number of carbonyl (C=O) groups excluding carboxylic acids is 1. The number of nitrogens with zero attached hydrogens (tertiary/aromatic N) is 3. The number of ether oxygens (including phenoxy) is 1. The molecular weight excluding hydrogens is 426 g/mol. The Morgan fingerprint density at radius 2 is 1.91 bits per heavy atom. The number of carboxylic acid groups (broad SMARTS) is 1. The Hall–Kier alpha value is -2.22. The molecule has 8 heteroatoms. The van der Waals surface area contributed by atoms with Crippen molar-refractivity contribution in [2.24, 2.45) is 11.3 Å². The van der Waals surface area contributed by atoms with Gasteiger partial charge in [-0.1, -0.05) is 44.7 Å². The Kier molecular flexibility index (Phi) is 7.12. The maximum Gasteiger partial charge on any atom is 0.410 e. The first-order valence-corrected chi connectivity index (χ1v) is 12.2. The summed E-state index contributed by atoms with van der Waals surface area (Å²) < 4.78 is 7.41. The first kappa shape index (κ1) is 24.4. The summed E-state index contributed by atoms with van der Waals surface area (Å²) in [5.41, 5.74) is 0.631. The van der Waals surface area contributed by atoms with Gasteiger partial charge in [0.1, 0.15) is 11.6 Å². The van der Waals surface area contributed by atoms with Gasteiger partial charge in [-0.25, -0.2) is 14.6 Å². The summed E-state index contributed by atoms with van der Waals surface area (Å²) in [5.74, 6) is 0.197. The number of carbonyl (C=O) groups is 2. The highest BCUT2D eigenvalue weighted by Crippen LogP contribution is 2.38. The summed E-state index contributed by atoms with van der Waals surface area (Å²) in [6.07, 6.45) is 1.69. The highest BCUT2D eigenvalue weighted by Gasteiger charge is 2.36. The molecule has 0 saturated carbocycles. The molecule has 0 radical (unpaired) electrons. The van der Waals surface area contributed by atoms with Crippen LogP contribution in [0.25, 0.3) is 11.0 Å². The lowest BCUT2D eigenvalue weighted by Crippen LogP contribution is -2.43. The van der Waals surface area contributed by atoms with Crippen LogP contribution in [0, 0.1) is 11.3 Å². The first-order valence-electron chi connectivity index (χ1n) is 11.2. The van der Waals surface area contributed by atoms with E-state index in [0.717, 1.165) is 29.6 Å². The number of imidazole rings is 1. The fourth-order valence-corrected chi connectivity index (χ4v) is 5.29.